The Hall–Kier alpha value is -0.970. The molecular formula is C11H17NO. The molecule has 0 saturated heterocycles. The van der Waals surface area contributed by atoms with Gasteiger partial charge in [-0.1, -0.05) is 31.6 Å². The van der Waals surface area contributed by atoms with Crippen LogP contribution in [0, 0.1) is 12.0 Å². The third-order valence-electron chi connectivity index (χ3n) is 2.25. The summed E-state index contributed by atoms with van der Waals surface area (Å²) >= 11 is 0. The molecule has 2 nitrogen and oxygen atoms in total. The van der Waals surface area contributed by atoms with E-state index in [4.69, 9.17) is 0 Å². The first-order valence-corrected chi connectivity index (χ1v) is 5.16. The number of hydrogen-bond donors (Lipinski definition) is 1. The van der Waals surface area contributed by atoms with E-state index in [2.05, 4.69) is 17.3 Å². The maximum absolute atomic E-state index is 11.1. The minimum absolute atomic E-state index is 0.0769. The molecule has 13 heavy (non-hydrogen) atoms. The molecule has 0 aromatic carbocycles. The van der Waals surface area contributed by atoms with E-state index in [0.29, 0.717) is 6.42 Å². The molecule has 1 aliphatic rings. The Bertz CT molecular complexity index is 212. The molecule has 1 rings (SSSR count). The van der Waals surface area contributed by atoms with Crippen molar-refractivity contribution in [3.63, 3.8) is 0 Å². The Labute approximate surface area is 80.1 Å². The van der Waals surface area contributed by atoms with Crippen molar-refractivity contribution in [2.24, 2.45) is 0 Å². The molecule has 0 spiro atoms. The van der Waals surface area contributed by atoms with Crippen molar-refractivity contribution in [2.75, 3.05) is 0 Å². The van der Waals surface area contributed by atoms with Gasteiger partial charge >= 0.3 is 0 Å². The molecule has 0 fully saturated rings. The van der Waals surface area contributed by atoms with Crippen LogP contribution in [0.1, 0.15) is 51.4 Å². The van der Waals surface area contributed by atoms with Gasteiger partial charge in [0.1, 0.15) is 0 Å². The lowest BCUT2D eigenvalue weighted by Crippen LogP contribution is -2.16. The van der Waals surface area contributed by atoms with Crippen LogP contribution in [0.25, 0.3) is 0 Å². The molecule has 0 saturated carbocycles. The van der Waals surface area contributed by atoms with Gasteiger partial charge in [0.2, 0.25) is 5.91 Å². The highest BCUT2D eigenvalue weighted by molar-refractivity contribution is 5.77. The van der Waals surface area contributed by atoms with Crippen LogP contribution < -0.4 is 5.32 Å². The average molecular weight is 179 g/mol. The van der Waals surface area contributed by atoms with Crippen molar-refractivity contribution in [3.05, 3.63) is 0 Å². The number of rotatable bonds is 0. The predicted molar refractivity (Wildman–Crippen MR) is 52.9 cm³/mol. The van der Waals surface area contributed by atoms with E-state index in [9.17, 15) is 4.79 Å². The fourth-order valence-corrected chi connectivity index (χ4v) is 1.44. The summed E-state index contributed by atoms with van der Waals surface area (Å²) in [5.74, 6) is 3.03. The molecule has 0 aromatic heterocycles. The van der Waals surface area contributed by atoms with Gasteiger partial charge in [0, 0.05) is 18.9 Å². The lowest BCUT2D eigenvalue weighted by Gasteiger charge is -2.01. The zero-order valence-corrected chi connectivity index (χ0v) is 8.07. The van der Waals surface area contributed by atoms with E-state index >= 15 is 0 Å². The second kappa shape index (κ2) is 6.54. The molecule has 1 heterocycles. The van der Waals surface area contributed by atoms with E-state index in [0.717, 1.165) is 12.8 Å². The first kappa shape index (κ1) is 10.1. The molecule has 0 unspecified atom stereocenters. The Morgan fingerprint density at radius 3 is 2.54 bits per heavy atom. The van der Waals surface area contributed by atoms with Crippen molar-refractivity contribution in [1.29, 1.82) is 0 Å². The van der Waals surface area contributed by atoms with Crippen LogP contribution in [0.3, 0.4) is 0 Å². The lowest BCUT2D eigenvalue weighted by atomic mass is 10.1. The molecule has 72 valence electrons. The van der Waals surface area contributed by atoms with Gasteiger partial charge in [-0.15, -0.1) is 0 Å². The fraction of sp³-hybridized carbons (Fsp3) is 0.727. The first-order chi connectivity index (χ1) is 6.39. The zero-order valence-electron chi connectivity index (χ0n) is 8.07. The fourth-order valence-electron chi connectivity index (χ4n) is 1.44. The summed E-state index contributed by atoms with van der Waals surface area (Å²) in [5.41, 5.74) is 0. The van der Waals surface area contributed by atoms with Crippen molar-refractivity contribution < 1.29 is 4.79 Å². The second-order valence-electron chi connectivity index (χ2n) is 3.47. The Balaban J connectivity index is 2.30. The standard InChI is InChI=1S/C11H17NO/c13-11-9-7-5-3-1-2-4-6-8-10-12-11/h1-7,9H2,(H,12,13). The van der Waals surface area contributed by atoms with Gasteiger partial charge in [0.25, 0.3) is 0 Å². The van der Waals surface area contributed by atoms with Crippen LogP contribution in [-0.4, -0.2) is 5.91 Å². The normalized spacial score (nSPS) is 20.2. The SMILES string of the molecule is O=C1CCCCCCCCC#CN1. The Morgan fingerprint density at radius 2 is 1.69 bits per heavy atom. The number of amides is 1. The summed E-state index contributed by atoms with van der Waals surface area (Å²) in [6.07, 6.45) is 8.75. The highest BCUT2D eigenvalue weighted by Crippen LogP contribution is 2.08. The minimum atomic E-state index is 0.0769. The number of carbonyl (C=O) groups is 1. The smallest absolute Gasteiger partial charge is 0.231 e. The van der Waals surface area contributed by atoms with Crippen molar-refractivity contribution in [1.82, 2.24) is 5.32 Å². The average Bonchev–Trinajstić information content (AvgIpc) is 2.11. The molecule has 1 aliphatic heterocycles. The van der Waals surface area contributed by atoms with Gasteiger partial charge in [-0.3, -0.25) is 10.1 Å². The summed E-state index contributed by atoms with van der Waals surface area (Å²) in [4.78, 5) is 11.1. The summed E-state index contributed by atoms with van der Waals surface area (Å²) in [6.45, 7) is 0. The third kappa shape index (κ3) is 5.30. The van der Waals surface area contributed by atoms with E-state index < -0.39 is 0 Å². The molecule has 0 aliphatic carbocycles. The first-order valence-electron chi connectivity index (χ1n) is 5.16. The monoisotopic (exact) mass is 179 g/mol. The van der Waals surface area contributed by atoms with Gasteiger partial charge < -0.3 is 0 Å². The molecule has 0 bridgehead atoms. The van der Waals surface area contributed by atoms with Crippen molar-refractivity contribution in [2.45, 2.75) is 51.4 Å². The molecule has 1 N–H and O–H groups in total. The van der Waals surface area contributed by atoms with Crippen LogP contribution >= 0.6 is 0 Å². The van der Waals surface area contributed by atoms with Gasteiger partial charge in [-0.2, -0.15) is 0 Å². The Kier molecular flexibility index (Phi) is 5.08. The summed E-state index contributed by atoms with van der Waals surface area (Å²) in [6, 6.07) is 2.70. The predicted octanol–water partition coefficient (Wildman–Crippen LogP) is 2.20. The highest BCUT2D eigenvalue weighted by atomic mass is 16.1. The van der Waals surface area contributed by atoms with Gasteiger partial charge in [-0.05, 0) is 12.8 Å². The molecule has 2 heteroatoms. The topological polar surface area (TPSA) is 29.1 Å². The van der Waals surface area contributed by atoms with Crippen molar-refractivity contribution in [3.8, 4) is 12.0 Å². The van der Waals surface area contributed by atoms with E-state index in [1.807, 2.05) is 0 Å². The van der Waals surface area contributed by atoms with E-state index in [-0.39, 0.29) is 5.91 Å². The van der Waals surface area contributed by atoms with Crippen molar-refractivity contribution >= 4 is 5.91 Å². The summed E-state index contributed by atoms with van der Waals surface area (Å²) in [7, 11) is 0. The van der Waals surface area contributed by atoms with Crippen LogP contribution in [0.4, 0.5) is 0 Å². The molecule has 0 aromatic rings. The maximum Gasteiger partial charge on any atom is 0.231 e. The van der Waals surface area contributed by atoms with Gasteiger partial charge in [0.15, 0.2) is 0 Å². The van der Waals surface area contributed by atoms with Gasteiger partial charge in [0.05, 0.1) is 0 Å². The molecule has 1 amide bonds. The minimum Gasteiger partial charge on any atom is -0.285 e. The highest BCUT2D eigenvalue weighted by Gasteiger charge is 1.99. The Morgan fingerprint density at radius 1 is 1.00 bits per heavy atom. The van der Waals surface area contributed by atoms with Crippen LogP contribution in [0.2, 0.25) is 0 Å². The van der Waals surface area contributed by atoms with Gasteiger partial charge in [-0.25, -0.2) is 0 Å². The third-order valence-corrected chi connectivity index (χ3v) is 2.25. The number of carbonyl (C=O) groups excluding carboxylic acids is 1. The zero-order chi connectivity index (χ0) is 9.36. The summed E-state index contributed by atoms with van der Waals surface area (Å²) in [5, 5.41) is 2.60. The van der Waals surface area contributed by atoms with E-state index in [1.165, 1.54) is 32.1 Å². The van der Waals surface area contributed by atoms with Crippen LogP contribution in [0.15, 0.2) is 0 Å². The second-order valence-corrected chi connectivity index (χ2v) is 3.47. The summed E-state index contributed by atoms with van der Waals surface area (Å²) < 4.78 is 0. The molecule has 0 atom stereocenters. The lowest BCUT2D eigenvalue weighted by molar-refractivity contribution is -0.120. The largest absolute Gasteiger partial charge is 0.285 e. The number of nitrogens with one attached hydrogen (secondary N) is 1. The quantitative estimate of drug-likeness (QED) is 0.567. The van der Waals surface area contributed by atoms with Crippen LogP contribution in [0.5, 0.6) is 0 Å². The maximum atomic E-state index is 11.1. The van der Waals surface area contributed by atoms with Crippen LogP contribution in [-0.2, 0) is 4.79 Å². The number of hydrogen-bond acceptors (Lipinski definition) is 1. The molecular weight excluding hydrogens is 162 g/mol. The molecule has 0 radical (unpaired) electrons. The van der Waals surface area contributed by atoms with E-state index in [1.54, 1.807) is 0 Å².